The molecule has 1 heterocycles. The molecule has 0 amide bonds. The van der Waals surface area contributed by atoms with Crippen molar-refractivity contribution in [1.82, 2.24) is 0 Å². The van der Waals surface area contributed by atoms with E-state index in [-0.39, 0.29) is 22.5 Å². The van der Waals surface area contributed by atoms with E-state index in [9.17, 15) is 13.2 Å². The molecule has 2 aromatic rings. The minimum atomic E-state index is -3.54. The Labute approximate surface area is 141 Å². The second kappa shape index (κ2) is 7.21. The Morgan fingerprint density at radius 3 is 2.50 bits per heavy atom. The Morgan fingerprint density at radius 2 is 1.79 bits per heavy atom. The van der Waals surface area contributed by atoms with Gasteiger partial charge in [0.1, 0.15) is 6.10 Å². The molecule has 0 N–H and O–H groups in total. The zero-order chi connectivity index (χ0) is 17.0. The number of benzene rings is 1. The number of carbonyl (C=O) groups is 1. The van der Waals surface area contributed by atoms with E-state index in [0.717, 1.165) is 32.1 Å². The maximum Gasteiger partial charge on any atom is 0.374 e. The topological polar surface area (TPSA) is 73.6 Å². The van der Waals surface area contributed by atoms with Crippen molar-refractivity contribution >= 4 is 15.8 Å². The molecule has 128 valence electrons. The Bertz CT molecular complexity index is 786. The molecule has 0 spiro atoms. The first kappa shape index (κ1) is 16.8. The number of furan rings is 1. The van der Waals surface area contributed by atoms with Gasteiger partial charge in [-0.25, -0.2) is 13.2 Å². The molecule has 1 aliphatic carbocycles. The highest BCUT2D eigenvalue weighted by atomic mass is 32.2. The minimum absolute atomic E-state index is 0.0138. The van der Waals surface area contributed by atoms with Crippen molar-refractivity contribution in [2.45, 2.75) is 48.9 Å². The van der Waals surface area contributed by atoms with E-state index >= 15 is 0 Å². The van der Waals surface area contributed by atoms with Crippen molar-refractivity contribution in [2.24, 2.45) is 0 Å². The molecule has 5 nitrogen and oxygen atoms in total. The van der Waals surface area contributed by atoms with Crippen LogP contribution in [0.4, 0.5) is 0 Å². The van der Waals surface area contributed by atoms with Crippen LogP contribution in [0.15, 0.2) is 52.0 Å². The average Bonchev–Trinajstić information content (AvgIpc) is 3.04. The second-order valence-electron chi connectivity index (χ2n) is 6.01. The minimum Gasteiger partial charge on any atom is -0.457 e. The van der Waals surface area contributed by atoms with E-state index < -0.39 is 15.8 Å². The molecular weight excluding hydrogens is 328 g/mol. The molecule has 1 aromatic heterocycles. The first-order valence-electron chi connectivity index (χ1n) is 8.11. The zero-order valence-corrected chi connectivity index (χ0v) is 14.1. The summed E-state index contributed by atoms with van der Waals surface area (Å²) in [5, 5.41) is 0. The van der Waals surface area contributed by atoms with E-state index in [1.807, 2.05) is 0 Å². The van der Waals surface area contributed by atoms with Crippen molar-refractivity contribution in [1.29, 1.82) is 0 Å². The van der Waals surface area contributed by atoms with Crippen molar-refractivity contribution in [3.63, 3.8) is 0 Å². The summed E-state index contributed by atoms with van der Waals surface area (Å²) in [5.41, 5.74) is 0.333. The third kappa shape index (κ3) is 3.87. The Hall–Kier alpha value is -2.08. The van der Waals surface area contributed by atoms with E-state index in [4.69, 9.17) is 9.15 Å². The molecule has 1 saturated carbocycles. The smallest absolute Gasteiger partial charge is 0.374 e. The fraction of sp³-hybridized carbons (Fsp3) is 0.389. The van der Waals surface area contributed by atoms with E-state index in [0.29, 0.717) is 5.56 Å². The summed E-state index contributed by atoms with van der Waals surface area (Å²) >= 11 is 0. The number of carbonyl (C=O) groups excluding carboxylic acids is 1. The molecule has 3 rings (SSSR count). The number of sulfone groups is 1. The highest BCUT2D eigenvalue weighted by Gasteiger charge is 2.26. The highest BCUT2D eigenvalue weighted by molar-refractivity contribution is 7.90. The molecule has 0 unspecified atom stereocenters. The standard InChI is InChI=1S/C18H20O5S/c19-18(23-15-7-3-1-4-8-15)17-14(11-12-22-17)13-24(20,21)16-9-5-2-6-10-16/h2,5-6,9-12,15H,1,3-4,7-8,13H2. The van der Waals surface area contributed by atoms with Gasteiger partial charge in [-0.2, -0.15) is 0 Å². The summed E-state index contributed by atoms with van der Waals surface area (Å²) < 4.78 is 35.6. The predicted molar refractivity (Wildman–Crippen MR) is 88.3 cm³/mol. The van der Waals surface area contributed by atoms with Gasteiger partial charge in [0.15, 0.2) is 9.84 Å². The maximum atomic E-state index is 12.5. The van der Waals surface area contributed by atoms with Gasteiger partial charge in [0.05, 0.1) is 16.9 Å². The summed E-state index contributed by atoms with van der Waals surface area (Å²) in [4.78, 5) is 12.5. The lowest BCUT2D eigenvalue weighted by molar-refractivity contribution is 0.0176. The maximum absolute atomic E-state index is 12.5. The molecule has 24 heavy (non-hydrogen) atoms. The zero-order valence-electron chi connectivity index (χ0n) is 13.3. The van der Waals surface area contributed by atoms with Crippen LogP contribution >= 0.6 is 0 Å². The number of esters is 1. The quantitative estimate of drug-likeness (QED) is 0.770. The van der Waals surface area contributed by atoms with Crippen molar-refractivity contribution in [2.75, 3.05) is 0 Å². The van der Waals surface area contributed by atoms with Gasteiger partial charge in [-0.1, -0.05) is 24.6 Å². The largest absolute Gasteiger partial charge is 0.457 e. The lowest BCUT2D eigenvalue weighted by atomic mass is 9.98. The van der Waals surface area contributed by atoms with Crippen LogP contribution < -0.4 is 0 Å². The van der Waals surface area contributed by atoms with Crippen LogP contribution in [0.2, 0.25) is 0 Å². The molecule has 6 heteroatoms. The summed E-state index contributed by atoms with van der Waals surface area (Å²) in [5.74, 6) is -0.881. The monoisotopic (exact) mass is 348 g/mol. The first-order chi connectivity index (χ1) is 11.6. The van der Waals surface area contributed by atoms with Crippen LogP contribution in [0, 0.1) is 0 Å². The highest BCUT2D eigenvalue weighted by Crippen LogP contribution is 2.24. The number of rotatable bonds is 5. The summed E-state index contributed by atoms with van der Waals surface area (Å²) in [7, 11) is -3.54. The van der Waals surface area contributed by atoms with Gasteiger partial charge >= 0.3 is 5.97 Å². The van der Waals surface area contributed by atoms with Crippen molar-refractivity contribution < 1.29 is 22.4 Å². The molecule has 0 aliphatic heterocycles. The van der Waals surface area contributed by atoms with Crippen LogP contribution in [0.1, 0.15) is 48.2 Å². The van der Waals surface area contributed by atoms with Crippen LogP contribution in [-0.4, -0.2) is 20.5 Å². The fourth-order valence-corrected chi connectivity index (χ4v) is 4.31. The van der Waals surface area contributed by atoms with Gasteiger partial charge in [-0.05, 0) is 43.9 Å². The number of hydrogen-bond acceptors (Lipinski definition) is 5. The Kier molecular flexibility index (Phi) is 5.04. The van der Waals surface area contributed by atoms with E-state index in [2.05, 4.69) is 0 Å². The van der Waals surface area contributed by atoms with Gasteiger partial charge in [0.2, 0.25) is 5.76 Å². The molecule has 0 atom stereocenters. The lowest BCUT2D eigenvalue weighted by Gasteiger charge is -2.21. The molecule has 1 aromatic carbocycles. The number of ether oxygens (including phenoxy) is 1. The van der Waals surface area contributed by atoms with Crippen LogP contribution in [-0.2, 0) is 20.3 Å². The SMILES string of the molecule is O=C(OC1CCCCC1)c1occc1CS(=O)(=O)c1ccccc1. The van der Waals surface area contributed by atoms with Gasteiger partial charge < -0.3 is 9.15 Å². The summed E-state index contributed by atoms with van der Waals surface area (Å²) in [6.07, 6.45) is 6.18. The lowest BCUT2D eigenvalue weighted by Crippen LogP contribution is -2.21. The Balaban J connectivity index is 1.74. The molecule has 1 aliphatic rings. The summed E-state index contributed by atoms with van der Waals surface area (Å²) in [6.45, 7) is 0. The molecule has 0 radical (unpaired) electrons. The number of hydrogen-bond donors (Lipinski definition) is 0. The van der Waals surface area contributed by atoms with E-state index in [1.165, 1.54) is 24.5 Å². The fourth-order valence-electron chi connectivity index (χ4n) is 2.93. The normalized spacial score (nSPS) is 16.0. The van der Waals surface area contributed by atoms with Crippen molar-refractivity contribution in [3.05, 3.63) is 54.0 Å². The predicted octanol–water partition coefficient (Wildman–Crippen LogP) is 3.74. The van der Waals surface area contributed by atoms with Crippen LogP contribution in [0.3, 0.4) is 0 Å². The van der Waals surface area contributed by atoms with E-state index in [1.54, 1.807) is 18.2 Å². The molecule has 0 bridgehead atoms. The third-order valence-electron chi connectivity index (χ3n) is 4.21. The average molecular weight is 348 g/mol. The molecular formula is C18H20O5S. The molecule has 1 fully saturated rings. The second-order valence-corrected chi connectivity index (χ2v) is 8.00. The van der Waals surface area contributed by atoms with Crippen LogP contribution in [0.25, 0.3) is 0 Å². The van der Waals surface area contributed by atoms with Gasteiger partial charge in [0.25, 0.3) is 0 Å². The van der Waals surface area contributed by atoms with Crippen molar-refractivity contribution in [3.8, 4) is 0 Å². The van der Waals surface area contributed by atoms with Gasteiger partial charge in [-0.15, -0.1) is 0 Å². The summed E-state index contributed by atoms with van der Waals surface area (Å²) in [6, 6.07) is 9.67. The van der Waals surface area contributed by atoms with Gasteiger partial charge in [0, 0.05) is 5.56 Å². The van der Waals surface area contributed by atoms with Crippen LogP contribution in [0.5, 0.6) is 0 Å². The van der Waals surface area contributed by atoms with Gasteiger partial charge in [-0.3, -0.25) is 0 Å². The first-order valence-corrected chi connectivity index (χ1v) is 9.76. The molecule has 0 saturated heterocycles. The Morgan fingerprint density at radius 1 is 1.08 bits per heavy atom. The third-order valence-corrected chi connectivity index (χ3v) is 5.89.